The summed E-state index contributed by atoms with van der Waals surface area (Å²) in [6, 6.07) is 5.27. The van der Waals surface area contributed by atoms with Gasteiger partial charge in [0.2, 0.25) is 10.0 Å². The van der Waals surface area contributed by atoms with Gasteiger partial charge < -0.3 is 9.80 Å². The molecule has 2 heterocycles. The summed E-state index contributed by atoms with van der Waals surface area (Å²) in [5.41, 5.74) is 2.06. The van der Waals surface area contributed by atoms with Gasteiger partial charge in [-0.3, -0.25) is 4.79 Å². The lowest BCUT2D eigenvalue weighted by Crippen LogP contribution is -3.15. The molecule has 3 atom stereocenters. The van der Waals surface area contributed by atoms with Gasteiger partial charge in [0.15, 0.2) is 6.54 Å². The van der Waals surface area contributed by atoms with Gasteiger partial charge in [0.05, 0.1) is 18.0 Å². The summed E-state index contributed by atoms with van der Waals surface area (Å²) >= 11 is 0. The highest BCUT2D eigenvalue weighted by Crippen LogP contribution is 2.20. The molecule has 1 N–H and O–H groups in total. The van der Waals surface area contributed by atoms with Crippen molar-refractivity contribution in [2.45, 2.75) is 39.0 Å². The summed E-state index contributed by atoms with van der Waals surface area (Å²) in [6.45, 7) is 12.7. The van der Waals surface area contributed by atoms with Crippen LogP contribution in [0.2, 0.25) is 0 Å². The third-order valence-corrected chi connectivity index (χ3v) is 8.08. The number of nitrogens with one attached hydrogen (secondary N) is 1. The van der Waals surface area contributed by atoms with E-state index in [9.17, 15) is 13.2 Å². The maximum Gasteiger partial charge on any atom is 0.277 e. The van der Waals surface area contributed by atoms with E-state index in [1.807, 2.05) is 24.8 Å². The van der Waals surface area contributed by atoms with Crippen LogP contribution in [0.1, 0.15) is 31.4 Å². The first-order chi connectivity index (χ1) is 13.2. The summed E-state index contributed by atoms with van der Waals surface area (Å²) in [5.74, 6) is 1.47. The zero-order valence-electron chi connectivity index (χ0n) is 17.6. The zero-order chi connectivity index (χ0) is 20.5. The number of amides is 1. The molecular weight excluding hydrogens is 374 g/mol. The van der Waals surface area contributed by atoms with Crippen LogP contribution in [0.3, 0.4) is 0 Å². The Kier molecular flexibility index (Phi) is 6.47. The highest BCUT2D eigenvalue weighted by molar-refractivity contribution is 7.89. The van der Waals surface area contributed by atoms with Crippen molar-refractivity contribution in [1.29, 1.82) is 0 Å². The largest absolute Gasteiger partial charge is 0.335 e. The van der Waals surface area contributed by atoms with Gasteiger partial charge in [-0.25, -0.2) is 8.42 Å². The van der Waals surface area contributed by atoms with Crippen molar-refractivity contribution in [2.75, 3.05) is 45.8 Å². The Morgan fingerprint density at radius 1 is 1.04 bits per heavy atom. The number of nitrogens with zero attached hydrogens (tertiary/aromatic N) is 2. The summed E-state index contributed by atoms with van der Waals surface area (Å²) in [4.78, 5) is 16.3. The molecule has 0 aliphatic carbocycles. The molecule has 1 aromatic rings. The normalized spacial score (nSPS) is 27.0. The number of quaternary nitrogens is 1. The van der Waals surface area contributed by atoms with E-state index >= 15 is 0 Å². The maximum absolute atomic E-state index is 12.9. The highest BCUT2D eigenvalue weighted by Gasteiger charge is 2.33. The Balaban J connectivity index is 1.57. The number of piperidine rings is 1. The fourth-order valence-electron chi connectivity index (χ4n) is 4.59. The minimum Gasteiger partial charge on any atom is -0.335 e. The Bertz CT molecular complexity index is 806. The van der Waals surface area contributed by atoms with Crippen molar-refractivity contribution in [3.8, 4) is 0 Å². The molecule has 1 aromatic carbocycles. The molecular formula is C21H34N3O3S+. The van der Waals surface area contributed by atoms with E-state index in [0.29, 0.717) is 49.5 Å². The van der Waals surface area contributed by atoms with Gasteiger partial charge in [-0.2, -0.15) is 4.31 Å². The van der Waals surface area contributed by atoms with E-state index in [1.165, 1.54) is 15.6 Å². The molecule has 7 heteroatoms. The third kappa shape index (κ3) is 4.75. The van der Waals surface area contributed by atoms with E-state index in [2.05, 4.69) is 13.8 Å². The lowest BCUT2D eigenvalue weighted by molar-refractivity contribution is -0.904. The number of carbonyl (C=O) groups is 1. The number of aryl methyl sites for hydroxylation is 2. The first kappa shape index (κ1) is 21.3. The average molecular weight is 409 g/mol. The van der Waals surface area contributed by atoms with Crippen LogP contribution >= 0.6 is 0 Å². The Hall–Kier alpha value is -1.44. The van der Waals surface area contributed by atoms with E-state index in [1.54, 1.807) is 12.1 Å². The van der Waals surface area contributed by atoms with Crippen LogP contribution in [0.25, 0.3) is 0 Å². The fourth-order valence-corrected chi connectivity index (χ4v) is 6.10. The van der Waals surface area contributed by atoms with Crippen molar-refractivity contribution in [3.63, 3.8) is 0 Å². The van der Waals surface area contributed by atoms with Crippen LogP contribution in [0.15, 0.2) is 23.1 Å². The Morgan fingerprint density at radius 3 is 2.21 bits per heavy atom. The number of likely N-dealkylation sites (tertiary alicyclic amines) is 1. The van der Waals surface area contributed by atoms with E-state index in [0.717, 1.165) is 24.2 Å². The topological polar surface area (TPSA) is 62.1 Å². The maximum atomic E-state index is 12.9. The van der Waals surface area contributed by atoms with E-state index in [4.69, 9.17) is 0 Å². The molecule has 0 radical (unpaired) electrons. The molecule has 0 spiro atoms. The monoisotopic (exact) mass is 408 g/mol. The molecule has 0 bridgehead atoms. The zero-order valence-corrected chi connectivity index (χ0v) is 18.4. The number of carbonyl (C=O) groups excluding carboxylic acids is 1. The van der Waals surface area contributed by atoms with Crippen LogP contribution in [-0.4, -0.2) is 69.3 Å². The van der Waals surface area contributed by atoms with Crippen LogP contribution in [0.5, 0.6) is 0 Å². The second-order valence-corrected chi connectivity index (χ2v) is 10.7. The van der Waals surface area contributed by atoms with Crippen molar-refractivity contribution >= 4 is 15.9 Å². The molecule has 2 saturated heterocycles. The molecule has 2 aliphatic rings. The number of hydrogen-bond acceptors (Lipinski definition) is 3. The van der Waals surface area contributed by atoms with Gasteiger partial charge in [0, 0.05) is 38.0 Å². The Labute approximate surface area is 169 Å². The predicted octanol–water partition coefficient (Wildman–Crippen LogP) is 0.697. The molecule has 156 valence electrons. The van der Waals surface area contributed by atoms with Crippen LogP contribution in [0, 0.1) is 25.7 Å². The molecule has 3 rings (SSSR count). The molecule has 6 nitrogen and oxygen atoms in total. The van der Waals surface area contributed by atoms with Crippen LogP contribution in [0.4, 0.5) is 0 Å². The molecule has 0 saturated carbocycles. The van der Waals surface area contributed by atoms with Gasteiger partial charge in [-0.05, 0) is 43.5 Å². The number of rotatable bonds is 4. The number of hydrogen-bond donors (Lipinski definition) is 1. The summed E-state index contributed by atoms with van der Waals surface area (Å²) in [6.07, 6.45) is 1.24. The van der Waals surface area contributed by atoms with Gasteiger partial charge >= 0.3 is 0 Å². The molecule has 1 unspecified atom stereocenters. The van der Waals surface area contributed by atoms with Gasteiger partial charge in [-0.15, -0.1) is 0 Å². The standard InChI is InChI=1S/C21H33N3O3S/c1-16-11-17(2)14-22(13-16)15-21(25)23-7-9-24(10-8-23)28(26,27)20-6-5-18(3)19(4)12-20/h5-6,12,16-17H,7-11,13-15H2,1-4H3/p+1/t16-,17+. The Morgan fingerprint density at radius 2 is 1.64 bits per heavy atom. The van der Waals surface area contributed by atoms with E-state index < -0.39 is 10.0 Å². The first-order valence-electron chi connectivity index (χ1n) is 10.4. The van der Waals surface area contributed by atoms with Gasteiger partial charge in [0.25, 0.3) is 5.91 Å². The lowest BCUT2D eigenvalue weighted by Gasteiger charge is -2.36. The second kappa shape index (κ2) is 8.51. The van der Waals surface area contributed by atoms with Crippen molar-refractivity contribution in [1.82, 2.24) is 9.21 Å². The molecule has 2 fully saturated rings. The molecule has 28 heavy (non-hydrogen) atoms. The summed E-state index contributed by atoms with van der Waals surface area (Å²) < 4.78 is 27.4. The molecule has 0 aromatic heterocycles. The summed E-state index contributed by atoms with van der Waals surface area (Å²) in [5, 5.41) is 0. The first-order valence-corrected chi connectivity index (χ1v) is 11.8. The number of piperazine rings is 1. The van der Waals surface area contributed by atoms with Crippen LogP contribution in [-0.2, 0) is 14.8 Å². The number of sulfonamides is 1. The highest BCUT2D eigenvalue weighted by atomic mass is 32.2. The summed E-state index contributed by atoms with van der Waals surface area (Å²) in [7, 11) is -3.50. The number of benzene rings is 1. The molecule has 2 aliphatic heterocycles. The lowest BCUT2D eigenvalue weighted by atomic mass is 9.92. The van der Waals surface area contributed by atoms with Crippen molar-refractivity contribution in [3.05, 3.63) is 29.3 Å². The van der Waals surface area contributed by atoms with Gasteiger partial charge in [-0.1, -0.05) is 19.9 Å². The minimum absolute atomic E-state index is 0.152. The molecule has 1 amide bonds. The fraction of sp³-hybridized carbons (Fsp3) is 0.667. The quantitative estimate of drug-likeness (QED) is 0.798. The predicted molar refractivity (Wildman–Crippen MR) is 110 cm³/mol. The van der Waals surface area contributed by atoms with Gasteiger partial charge in [0.1, 0.15) is 0 Å². The average Bonchev–Trinajstić information content (AvgIpc) is 2.63. The van der Waals surface area contributed by atoms with E-state index in [-0.39, 0.29) is 5.91 Å². The minimum atomic E-state index is -3.50. The smallest absolute Gasteiger partial charge is 0.277 e. The van der Waals surface area contributed by atoms with Crippen LogP contribution < -0.4 is 4.90 Å². The SMILES string of the molecule is Cc1ccc(S(=O)(=O)N2CCN(C(=O)C[NH+]3C[C@H](C)C[C@H](C)C3)CC2)cc1C. The van der Waals surface area contributed by atoms with Crippen molar-refractivity contribution < 1.29 is 18.1 Å². The van der Waals surface area contributed by atoms with Crippen molar-refractivity contribution in [2.24, 2.45) is 11.8 Å². The third-order valence-electron chi connectivity index (χ3n) is 6.19. The second-order valence-electron chi connectivity index (χ2n) is 8.81.